The van der Waals surface area contributed by atoms with E-state index in [1.54, 1.807) is 13.1 Å². The smallest absolute Gasteiger partial charge is 0.275 e. The van der Waals surface area contributed by atoms with Gasteiger partial charge in [-0.05, 0) is 49.0 Å². The fraction of sp³-hybridized carbons (Fsp3) is 0.375. The third-order valence-electron chi connectivity index (χ3n) is 4.27. The third kappa shape index (κ3) is 3.57. The van der Waals surface area contributed by atoms with Crippen LogP contribution in [0.3, 0.4) is 0 Å². The topological polar surface area (TPSA) is 102 Å². The predicted octanol–water partition coefficient (Wildman–Crippen LogP) is 1.83. The van der Waals surface area contributed by atoms with Crippen LogP contribution in [0.15, 0.2) is 12.3 Å². The SMILES string of the molecule is C[C@H]1CCc2c(sc(NC(=S)NC(=O)c3ccnn3C)c2C(N)=O)C1. The summed E-state index contributed by atoms with van der Waals surface area (Å²) in [6.07, 6.45) is 4.33. The molecule has 132 valence electrons. The van der Waals surface area contributed by atoms with Crippen LogP contribution in [0.4, 0.5) is 5.00 Å². The molecule has 0 saturated heterocycles. The minimum atomic E-state index is -0.477. The second-order valence-electron chi connectivity index (χ2n) is 6.17. The zero-order valence-corrected chi connectivity index (χ0v) is 15.6. The summed E-state index contributed by atoms with van der Waals surface area (Å²) in [5.74, 6) is -0.264. The van der Waals surface area contributed by atoms with E-state index in [0.29, 0.717) is 22.2 Å². The number of amides is 2. The molecular weight excluding hydrogens is 358 g/mol. The number of primary amides is 1. The molecule has 0 radical (unpaired) electrons. The number of carbonyl (C=O) groups is 2. The molecule has 0 aromatic carbocycles. The summed E-state index contributed by atoms with van der Waals surface area (Å²) in [5.41, 5.74) is 7.47. The molecular formula is C16H19N5O2S2. The van der Waals surface area contributed by atoms with Crippen LogP contribution in [0.2, 0.25) is 0 Å². The Balaban J connectivity index is 1.78. The second-order valence-corrected chi connectivity index (χ2v) is 7.68. The number of rotatable bonds is 3. The van der Waals surface area contributed by atoms with Crippen molar-refractivity contribution in [3.8, 4) is 0 Å². The van der Waals surface area contributed by atoms with Crippen molar-refractivity contribution in [1.29, 1.82) is 0 Å². The highest BCUT2D eigenvalue weighted by atomic mass is 32.1. The maximum absolute atomic E-state index is 12.2. The first-order chi connectivity index (χ1) is 11.9. The van der Waals surface area contributed by atoms with Crippen LogP contribution < -0.4 is 16.4 Å². The van der Waals surface area contributed by atoms with E-state index in [0.717, 1.165) is 29.7 Å². The largest absolute Gasteiger partial charge is 0.365 e. The van der Waals surface area contributed by atoms with E-state index in [-0.39, 0.29) is 11.0 Å². The van der Waals surface area contributed by atoms with E-state index in [1.165, 1.54) is 22.2 Å². The summed E-state index contributed by atoms with van der Waals surface area (Å²) in [6.45, 7) is 2.19. The standard InChI is InChI=1S/C16H19N5O2S2/c1-8-3-4-9-11(7-8)25-15(12(9)13(17)22)20-16(24)19-14(23)10-5-6-18-21(10)2/h5-6,8H,3-4,7H2,1-2H3,(H2,17,22)(H2,19,20,23,24)/t8-/m0/s1. The van der Waals surface area contributed by atoms with E-state index in [2.05, 4.69) is 22.7 Å². The van der Waals surface area contributed by atoms with E-state index >= 15 is 0 Å². The minimum absolute atomic E-state index is 0.125. The highest BCUT2D eigenvalue weighted by Crippen LogP contribution is 2.39. The van der Waals surface area contributed by atoms with Crippen LogP contribution in [0.25, 0.3) is 0 Å². The van der Waals surface area contributed by atoms with Crippen molar-refractivity contribution in [3.05, 3.63) is 34.0 Å². The van der Waals surface area contributed by atoms with Crippen LogP contribution in [-0.4, -0.2) is 26.7 Å². The van der Waals surface area contributed by atoms with Crippen molar-refractivity contribution >= 4 is 45.5 Å². The Kier molecular flexibility index (Phi) is 4.87. The minimum Gasteiger partial charge on any atom is -0.365 e. The van der Waals surface area contributed by atoms with Gasteiger partial charge in [-0.15, -0.1) is 11.3 Å². The first kappa shape index (κ1) is 17.6. The molecule has 25 heavy (non-hydrogen) atoms. The van der Waals surface area contributed by atoms with Crippen molar-refractivity contribution < 1.29 is 9.59 Å². The Labute approximate surface area is 154 Å². The van der Waals surface area contributed by atoms with Crippen LogP contribution in [-0.2, 0) is 19.9 Å². The van der Waals surface area contributed by atoms with Gasteiger partial charge in [0.25, 0.3) is 11.8 Å². The molecule has 1 atom stereocenters. The van der Waals surface area contributed by atoms with Gasteiger partial charge < -0.3 is 11.1 Å². The maximum Gasteiger partial charge on any atom is 0.275 e. The number of hydrogen-bond donors (Lipinski definition) is 3. The number of aromatic nitrogens is 2. The van der Waals surface area contributed by atoms with Crippen molar-refractivity contribution in [2.75, 3.05) is 5.32 Å². The average Bonchev–Trinajstić information content (AvgIpc) is 3.09. The third-order valence-corrected chi connectivity index (χ3v) is 5.64. The van der Waals surface area contributed by atoms with Gasteiger partial charge in [0.2, 0.25) is 0 Å². The molecule has 0 unspecified atom stereocenters. The molecule has 1 aliphatic rings. The van der Waals surface area contributed by atoms with Gasteiger partial charge in [0.15, 0.2) is 5.11 Å². The Morgan fingerprint density at radius 3 is 2.88 bits per heavy atom. The number of thiocarbonyl (C=S) groups is 1. The van der Waals surface area contributed by atoms with Crippen molar-refractivity contribution in [3.63, 3.8) is 0 Å². The molecule has 9 heteroatoms. The summed E-state index contributed by atoms with van der Waals surface area (Å²) >= 11 is 6.70. The lowest BCUT2D eigenvalue weighted by molar-refractivity contribution is 0.0967. The molecule has 0 aliphatic heterocycles. The fourth-order valence-corrected chi connectivity index (χ4v) is 4.68. The van der Waals surface area contributed by atoms with Gasteiger partial charge in [-0.2, -0.15) is 5.10 Å². The number of anilines is 1. The van der Waals surface area contributed by atoms with Gasteiger partial charge in [0, 0.05) is 18.1 Å². The molecule has 4 N–H and O–H groups in total. The molecule has 0 spiro atoms. The monoisotopic (exact) mass is 377 g/mol. The lowest BCUT2D eigenvalue weighted by Gasteiger charge is -2.18. The van der Waals surface area contributed by atoms with E-state index in [4.69, 9.17) is 18.0 Å². The normalized spacial score (nSPS) is 16.2. The zero-order valence-electron chi connectivity index (χ0n) is 14.0. The van der Waals surface area contributed by atoms with Gasteiger partial charge in [-0.1, -0.05) is 6.92 Å². The Bertz CT molecular complexity index is 855. The molecule has 3 rings (SSSR count). The number of nitrogens with zero attached hydrogens (tertiary/aromatic N) is 2. The molecule has 0 bridgehead atoms. The quantitative estimate of drug-likeness (QED) is 0.708. The molecule has 2 amide bonds. The fourth-order valence-electron chi connectivity index (χ4n) is 3.00. The van der Waals surface area contributed by atoms with Crippen molar-refractivity contribution in [1.82, 2.24) is 15.1 Å². The van der Waals surface area contributed by atoms with Gasteiger partial charge in [0.1, 0.15) is 10.7 Å². The first-order valence-electron chi connectivity index (χ1n) is 7.91. The number of nitrogens with two attached hydrogens (primary N) is 1. The second kappa shape index (κ2) is 6.93. The van der Waals surface area contributed by atoms with E-state index in [9.17, 15) is 9.59 Å². The van der Waals surface area contributed by atoms with Crippen LogP contribution in [0, 0.1) is 5.92 Å². The summed E-state index contributed by atoms with van der Waals surface area (Å²) in [7, 11) is 1.67. The molecule has 2 aromatic rings. The molecule has 2 aromatic heterocycles. The van der Waals surface area contributed by atoms with Crippen LogP contribution >= 0.6 is 23.6 Å². The number of fused-ring (bicyclic) bond motifs is 1. The Hall–Kier alpha value is -2.26. The number of thiophene rings is 1. The molecule has 2 heterocycles. The van der Waals surface area contributed by atoms with E-state index < -0.39 is 5.91 Å². The molecule has 7 nitrogen and oxygen atoms in total. The molecule has 1 aliphatic carbocycles. The highest BCUT2D eigenvalue weighted by molar-refractivity contribution is 7.80. The van der Waals surface area contributed by atoms with Gasteiger partial charge in [-0.25, -0.2) is 0 Å². The summed E-state index contributed by atoms with van der Waals surface area (Å²) < 4.78 is 1.46. The van der Waals surface area contributed by atoms with Gasteiger partial charge >= 0.3 is 0 Å². The van der Waals surface area contributed by atoms with E-state index in [1.807, 2.05) is 0 Å². The number of nitrogens with one attached hydrogen (secondary N) is 2. The number of aryl methyl sites for hydroxylation is 1. The predicted molar refractivity (Wildman–Crippen MR) is 101 cm³/mol. The number of carbonyl (C=O) groups excluding carboxylic acids is 2. The lowest BCUT2D eigenvalue weighted by atomic mass is 9.88. The maximum atomic E-state index is 12.2. The van der Waals surface area contributed by atoms with Crippen LogP contribution in [0.5, 0.6) is 0 Å². The van der Waals surface area contributed by atoms with Gasteiger partial charge in [-0.3, -0.25) is 19.6 Å². The summed E-state index contributed by atoms with van der Waals surface area (Å²) in [4.78, 5) is 25.3. The Morgan fingerprint density at radius 1 is 1.48 bits per heavy atom. The zero-order chi connectivity index (χ0) is 18.1. The first-order valence-corrected chi connectivity index (χ1v) is 9.14. The number of hydrogen-bond acceptors (Lipinski definition) is 5. The average molecular weight is 377 g/mol. The van der Waals surface area contributed by atoms with Gasteiger partial charge in [0.05, 0.1) is 5.56 Å². The van der Waals surface area contributed by atoms with Crippen molar-refractivity contribution in [2.45, 2.75) is 26.2 Å². The molecule has 0 fully saturated rings. The summed E-state index contributed by atoms with van der Waals surface area (Å²) in [6, 6.07) is 1.60. The van der Waals surface area contributed by atoms with Crippen LogP contribution in [0.1, 0.15) is 44.6 Å². The Morgan fingerprint density at radius 2 is 2.24 bits per heavy atom. The lowest BCUT2D eigenvalue weighted by Crippen LogP contribution is -2.35. The highest BCUT2D eigenvalue weighted by Gasteiger charge is 2.27. The molecule has 0 saturated carbocycles. The van der Waals surface area contributed by atoms with Crippen molar-refractivity contribution in [2.24, 2.45) is 18.7 Å². The summed E-state index contributed by atoms with van der Waals surface area (Å²) in [5, 5.41) is 10.2.